The average molecular weight is 109 g/mol. The molecule has 8 heavy (non-hydrogen) atoms. The van der Waals surface area contributed by atoms with E-state index in [9.17, 15) is 0 Å². The van der Waals surface area contributed by atoms with Crippen LogP contribution in [0.5, 0.6) is 0 Å². The average Bonchev–Trinajstić information content (AvgIpc) is 2.62. The van der Waals surface area contributed by atoms with Gasteiger partial charge in [0.15, 0.2) is 0 Å². The van der Waals surface area contributed by atoms with Crippen molar-refractivity contribution in [3.05, 3.63) is 12.7 Å². The third kappa shape index (κ3) is 0.583. The summed E-state index contributed by atoms with van der Waals surface area (Å²) in [5, 5.41) is 3.36. The Morgan fingerprint density at radius 3 is 2.62 bits per heavy atom. The minimum Gasteiger partial charge on any atom is -0.304 e. The molecule has 1 N–H and O–H groups in total. The zero-order chi connectivity index (χ0) is 5.56. The summed E-state index contributed by atoms with van der Waals surface area (Å²) in [6.07, 6.45) is 4.91. The molecule has 2 atom stereocenters. The minimum absolute atomic E-state index is 0.669. The maximum absolute atomic E-state index is 3.72. The number of hydrogen-bond acceptors (Lipinski definition) is 1. The Bertz CT molecular complexity index is 116. The van der Waals surface area contributed by atoms with E-state index in [-0.39, 0.29) is 0 Å². The molecule has 2 aliphatic rings. The molecule has 0 radical (unpaired) electrons. The van der Waals surface area contributed by atoms with Crippen LogP contribution >= 0.6 is 0 Å². The first-order valence-electron chi connectivity index (χ1n) is 3.30. The van der Waals surface area contributed by atoms with Gasteiger partial charge in [-0.1, -0.05) is 6.08 Å². The van der Waals surface area contributed by atoms with Crippen molar-refractivity contribution in [1.29, 1.82) is 0 Å². The van der Waals surface area contributed by atoms with Crippen molar-refractivity contribution in [3.63, 3.8) is 0 Å². The van der Waals surface area contributed by atoms with Gasteiger partial charge in [0.25, 0.3) is 0 Å². The van der Waals surface area contributed by atoms with Gasteiger partial charge in [-0.25, -0.2) is 0 Å². The fraction of sp³-hybridized carbons (Fsp3) is 0.714. The van der Waals surface area contributed by atoms with Crippen LogP contribution in [0.3, 0.4) is 0 Å². The van der Waals surface area contributed by atoms with E-state index in [1.165, 1.54) is 12.8 Å². The van der Waals surface area contributed by atoms with Crippen LogP contribution in [0.25, 0.3) is 0 Å². The van der Waals surface area contributed by atoms with E-state index in [0.29, 0.717) is 6.04 Å². The summed E-state index contributed by atoms with van der Waals surface area (Å²) in [5.41, 5.74) is 0. The molecule has 0 spiro atoms. The highest BCUT2D eigenvalue weighted by Gasteiger charge is 2.45. The first-order chi connectivity index (χ1) is 3.92. The van der Waals surface area contributed by atoms with E-state index in [2.05, 4.69) is 11.9 Å². The SMILES string of the molecule is C=CC1NC1C1CC1. The Labute approximate surface area is 49.8 Å². The van der Waals surface area contributed by atoms with Crippen molar-refractivity contribution in [2.45, 2.75) is 24.9 Å². The zero-order valence-corrected chi connectivity index (χ0v) is 4.93. The van der Waals surface area contributed by atoms with Crippen molar-refractivity contribution < 1.29 is 0 Å². The monoisotopic (exact) mass is 109 g/mol. The van der Waals surface area contributed by atoms with Gasteiger partial charge in [0, 0.05) is 12.1 Å². The fourth-order valence-electron chi connectivity index (χ4n) is 1.27. The Hall–Kier alpha value is -0.300. The lowest BCUT2D eigenvalue weighted by Gasteiger charge is -1.81. The number of hydrogen-bond donors (Lipinski definition) is 1. The van der Waals surface area contributed by atoms with Gasteiger partial charge < -0.3 is 5.32 Å². The molecule has 1 saturated heterocycles. The molecule has 0 bridgehead atoms. The summed E-state index contributed by atoms with van der Waals surface area (Å²) in [6, 6.07) is 1.50. The summed E-state index contributed by atoms with van der Waals surface area (Å²) in [7, 11) is 0. The summed E-state index contributed by atoms with van der Waals surface area (Å²) in [5.74, 6) is 1.01. The fourth-order valence-corrected chi connectivity index (χ4v) is 1.27. The number of rotatable bonds is 2. The highest BCUT2D eigenvalue weighted by molar-refractivity contribution is 5.13. The minimum atomic E-state index is 0.669. The predicted octanol–water partition coefficient (Wildman–Crippen LogP) is 0.923. The van der Waals surface area contributed by atoms with E-state index >= 15 is 0 Å². The molecule has 1 aliphatic carbocycles. The molecular formula is C7H11N. The van der Waals surface area contributed by atoms with E-state index in [1.54, 1.807) is 0 Å². The van der Waals surface area contributed by atoms with Gasteiger partial charge in [-0.05, 0) is 18.8 Å². The molecule has 2 rings (SSSR count). The van der Waals surface area contributed by atoms with E-state index < -0.39 is 0 Å². The lowest BCUT2D eigenvalue weighted by atomic mass is 10.2. The van der Waals surface area contributed by atoms with Crippen molar-refractivity contribution in [2.24, 2.45) is 5.92 Å². The quantitative estimate of drug-likeness (QED) is 0.413. The van der Waals surface area contributed by atoms with Gasteiger partial charge in [-0.3, -0.25) is 0 Å². The Morgan fingerprint density at radius 2 is 2.25 bits per heavy atom. The molecule has 1 saturated carbocycles. The molecule has 44 valence electrons. The van der Waals surface area contributed by atoms with Crippen molar-refractivity contribution in [2.75, 3.05) is 0 Å². The second kappa shape index (κ2) is 1.35. The van der Waals surface area contributed by atoms with Crippen LogP contribution in [0.4, 0.5) is 0 Å². The first-order valence-corrected chi connectivity index (χ1v) is 3.30. The second-order valence-electron chi connectivity index (χ2n) is 2.79. The van der Waals surface area contributed by atoms with E-state index in [0.717, 1.165) is 12.0 Å². The summed E-state index contributed by atoms with van der Waals surface area (Å²) >= 11 is 0. The molecule has 0 aromatic heterocycles. The standard InChI is InChI=1S/C7H11N/c1-2-6-7(8-6)5-3-4-5/h2,5-8H,1,3-4H2. The predicted molar refractivity (Wildman–Crippen MR) is 33.6 cm³/mol. The van der Waals surface area contributed by atoms with Gasteiger partial charge in [-0.15, -0.1) is 6.58 Å². The van der Waals surface area contributed by atoms with Crippen LogP contribution in [0, 0.1) is 5.92 Å². The molecule has 0 amide bonds. The normalized spacial score (nSPS) is 44.0. The highest BCUT2D eigenvalue weighted by Crippen LogP contribution is 2.39. The zero-order valence-electron chi connectivity index (χ0n) is 4.93. The molecular weight excluding hydrogens is 98.1 g/mol. The molecule has 0 aromatic rings. The van der Waals surface area contributed by atoms with Crippen molar-refractivity contribution in [1.82, 2.24) is 5.32 Å². The van der Waals surface area contributed by atoms with E-state index in [1.807, 2.05) is 6.08 Å². The number of nitrogens with one attached hydrogen (secondary N) is 1. The maximum atomic E-state index is 3.72. The molecule has 1 heterocycles. The topological polar surface area (TPSA) is 21.9 Å². The van der Waals surface area contributed by atoms with Gasteiger partial charge in [0.1, 0.15) is 0 Å². The van der Waals surface area contributed by atoms with Crippen molar-refractivity contribution >= 4 is 0 Å². The van der Waals surface area contributed by atoms with Gasteiger partial charge >= 0.3 is 0 Å². The first kappa shape index (κ1) is 4.57. The molecule has 0 aromatic carbocycles. The Kier molecular flexibility index (Phi) is 0.770. The van der Waals surface area contributed by atoms with Crippen molar-refractivity contribution in [3.8, 4) is 0 Å². The largest absolute Gasteiger partial charge is 0.304 e. The summed E-state index contributed by atoms with van der Waals surface area (Å²) in [6.45, 7) is 3.72. The lowest BCUT2D eigenvalue weighted by molar-refractivity contribution is 0.798. The molecule has 1 aliphatic heterocycles. The third-order valence-electron chi connectivity index (χ3n) is 2.05. The molecule has 1 nitrogen and oxygen atoms in total. The second-order valence-corrected chi connectivity index (χ2v) is 2.79. The third-order valence-corrected chi connectivity index (χ3v) is 2.05. The van der Waals surface area contributed by atoms with Crippen LogP contribution in [-0.2, 0) is 0 Å². The molecule has 2 unspecified atom stereocenters. The highest BCUT2D eigenvalue weighted by atomic mass is 15.2. The van der Waals surface area contributed by atoms with Crippen LogP contribution in [0.1, 0.15) is 12.8 Å². The summed E-state index contributed by atoms with van der Waals surface area (Å²) in [4.78, 5) is 0. The Morgan fingerprint density at radius 1 is 1.50 bits per heavy atom. The lowest BCUT2D eigenvalue weighted by Crippen LogP contribution is -1.91. The van der Waals surface area contributed by atoms with Crippen LogP contribution in [-0.4, -0.2) is 12.1 Å². The maximum Gasteiger partial charge on any atom is 0.0408 e. The van der Waals surface area contributed by atoms with E-state index in [4.69, 9.17) is 0 Å². The molecule has 1 heteroatoms. The molecule has 2 fully saturated rings. The Balaban J connectivity index is 1.86. The van der Waals surface area contributed by atoms with Crippen LogP contribution < -0.4 is 5.32 Å². The van der Waals surface area contributed by atoms with Crippen LogP contribution in [0.2, 0.25) is 0 Å². The smallest absolute Gasteiger partial charge is 0.0408 e. The van der Waals surface area contributed by atoms with Crippen LogP contribution in [0.15, 0.2) is 12.7 Å². The van der Waals surface area contributed by atoms with Gasteiger partial charge in [0.2, 0.25) is 0 Å². The van der Waals surface area contributed by atoms with Gasteiger partial charge in [-0.2, -0.15) is 0 Å². The van der Waals surface area contributed by atoms with Gasteiger partial charge in [0.05, 0.1) is 0 Å². The summed E-state index contributed by atoms with van der Waals surface area (Å²) < 4.78 is 0.